The summed E-state index contributed by atoms with van der Waals surface area (Å²) in [6.45, 7) is 2.14. The number of alkyl halides is 1. The molecule has 2 aliphatic rings. The van der Waals surface area contributed by atoms with Crippen molar-refractivity contribution >= 4 is 11.6 Å². The molecule has 2 atom stereocenters. The van der Waals surface area contributed by atoms with E-state index in [2.05, 4.69) is 31.2 Å². The third kappa shape index (κ3) is 3.81. The summed E-state index contributed by atoms with van der Waals surface area (Å²) in [6, 6.07) is 8.87. The van der Waals surface area contributed by atoms with Crippen molar-refractivity contribution in [1.29, 1.82) is 0 Å². The van der Waals surface area contributed by atoms with E-state index in [1.807, 2.05) is 0 Å². The molecule has 1 aromatic rings. The summed E-state index contributed by atoms with van der Waals surface area (Å²) in [5.74, 6) is 1.27. The SMILES string of the molecule is Cc1ccc(CC(CCl)CC2CCC3(CCCC3)O2)cc1. The van der Waals surface area contributed by atoms with Gasteiger partial charge in [-0.15, -0.1) is 11.6 Å². The van der Waals surface area contributed by atoms with Gasteiger partial charge in [-0.2, -0.15) is 0 Å². The number of benzene rings is 1. The second-order valence-electron chi connectivity index (χ2n) is 7.11. The van der Waals surface area contributed by atoms with Crippen LogP contribution < -0.4 is 0 Å². The van der Waals surface area contributed by atoms with Crippen LogP contribution in [-0.4, -0.2) is 17.6 Å². The maximum absolute atomic E-state index is 6.44. The molecule has 0 amide bonds. The average Bonchev–Trinajstić information content (AvgIpc) is 3.11. The van der Waals surface area contributed by atoms with Crippen LogP contribution in [-0.2, 0) is 11.2 Å². The van der Waals surface area contributed by atoms with E-state index in [0.29, 0.717) is 12.0 Å². The zero-order valence-electron chi connectivity index (χ0n) is 13.1. The van der Waals surface area contributed by atoms with Crippen molar-refractivity contribution in [2.45, 2.75) is 70.0 Å². The van der Waals surface area contributed by atoms with Crippen LogP contribution in [0.2, 0.25) is 0 Å². The minimum atomic E-state index is 0.255. The molecule has 0 aromatic heterocycles. The fraction of sp³-hybridized carbons (Fsp3) is 0.684. The molecule has 2 fully saturated rings. The van der Waals surface area contributed by atoms with Gasteiger partial charge in [0.2, 0.25) is 0 Å². The van der Waals surface area contributed by atoms with Crippen LogP contribution in [0, 0.1) is 12.8 Å². The number of hydrogen-bond acceptors (Lipinski definition) is 1. The van der Waals surface area contributed by atoms with E-state index >= 15 is 0 Å². The molecule has 2 unspecified atom stereocenters. The second kappa shape index (κ2) is 6.71. The van der Waals surface area contributed by atoms with E-state index in [4.69, 9.17) is 16.3 Å². The van der Waals surface area contributed by atoms with Crippen LogP contribution >= 0.6 is 11.6 Å². The molecule has 1 aliphatic heterocycles. The summed E-state index contributed by atoms with van der Waals surface area (Å²) in [7, 11) is 0. The number of aryl methyl sites for hydroxylation is 1. The molecule has 0 N–H and O–H groups in total. The number of rotatable bonds is 5. The third-order valence-electron chi connectivity index (χ3n) is 5.31. The first-order valence-electron chi connectivity index (χ1n) is 8.48. The predicted molar refractivity (Wildman–Crippen MR) is 89.0 cm³/mol. The summed E-state index contributed by atoms with van der Waals surface area (Å²) >= 11 is 6.22. The molecule has 1 nitrogen and oxygen atoms in total. The molecular weight excluding hydrogens is 280 g/mol. The molecule has 1 aliphatic carbocycles. The van der Waals surface area contributed by atoms with E-state index in [1.54, 1.807) is 0 Å². The van der Waals surface area contributed by atoms with Crippen LogP contribution in [0.5, 0.6) is 0 Å². The topological polar surface area (TPSA) is 9.23 Å². The monoisotopic (exact) mass is 306 g/mol. The quantitative estimate of drug-likeness (QED) is 0.673. The maximum atomic E-state index is 6.44. The van der Waals surface area contributed by atoms with Gasteiger partial charge in [0, 0.05) is 5.88 Å². The Morgan fingerprint density at radius 3 is 2.57 bits per heavy atom. The summed E-state index contributed by atoms with van der Waals surface area (Å²) in [6.07, 6.45) is 10.4. The standard InChI is InChI=1S/C19H27ClO/c1-15-4-6-16(7-5-15)12-17(14-20)13-18-8-11-19(21-18)9-2-3-10-19/h4-7,17-18H,2-3,8-14H2,1H3. The van der Waals surface area contributed by atoms with Gasteiger partial charge in [-0.05, 0) is 56.9 Å². The Labute approximate surface area is 134 Å². The van der Waals surface area contributed by atoms with Crippen molar-refractivity contribution in [3.05, 3.63) is 35.4 Å². The number of halogens is 1. The van der Waals surface area contributed by atoms with E-state index < -0.39 is 0 Å². The molecule has 0 bridgehead atoms. The first-order valence-corrected chi connectivity index (χ1v) is 9.02. The van der Waals surface area contributed by atoms with Crippen molar-refractivity contribution in [3.8, 4) is 0 Å². The number of hydrogen-bond donors (Lipinski definition) is 0. The largest absolute Gasteiger partial charge is 0.372 e. The van der Waals surface area contributed by atoms with Crippen molar-refractivity contribution in [1.82, 2.24) is 0 Å². The lowest BCUT2D eigenvalue weighted by Gasteiger charge is -2.25. The molecule has 1 spiro atoms. The van der Waals surface area contributed by atoms with Crippen LogP contribution in [0.4, 0.5) is 0 Å². The van der Waals surface area contributed by atoms with E-state index in [9.17, 15) is 0 Å². The van der Waals surface area contributed by atoms with Crippen molar-refractivity contribution in [2.75, 3.05) is 5.88 Å². The molecule has 2 heteroatoms. The highest BCUT2D eigenvalue weighted by molar-refractivity contribution is 6.18. The minimum Gasteiger partial charge on any atom is -0.372 e. The highest BCUT2D eigenvalue weighted by atomic mass is 35.5. The normalized spacial score (nSPS) is 25.5. The van der Waals surface area contributed by atoms with E-state index in [-0.39, 0.29) is 5.60 Å². The predicted octanol–water partition coefficient (Wildman–Crippen LogP) is 5.27. The Morgan fingerprint density at radius 2 is 1.90 bits per heavy atom. The summed E-state index contributed by atoms with van der Waals surface area (Å²) in [5, 5.41) is 0. The fourth-order valence-electron chi connectivity index (χ4n) is 4.08. The van der Waals surface area contributed by atoms with Gasteiger partial charge < -0.3 is 4.74 Å². The highest BCUT2D eigenvalue weighted by Crippen LogP contribution is 2.44. The molecular formula is C19H27ClO. The van der Waals surface area contributed by atoms with Gasteiger partial charge in [-0.3, -0.25) is 0 Å². The second-order valence-corrected chi connectivity index (χ2v) is 7.42. The van der Waals surface area contributed by atoms with Gasteiger partial charge in [0.15, 0.2) is 0 Å². The van der Waals surface area contributed by atoms with E-state index in [0.717, 1.165) is 18.7 Å². The van der Waals surface area contributed by atoms with Crippen molar-refractivity contribution in [3.63, 3.8) is 0 Å². The molecule has 1 aromatic carbocycles. The first kappa shape index (κ1) is 15.4. The first-order chi connectivity index (χ1) is 10.2. The lowest BCUT2D eigenvalue weighted by molar-refractivity contribution is -0.0432. The van der Waals surface area contributed by atoms with Crippen molar-refractivity contribution < 1.29 is 4.74 Å². The highest BCUT2D eigenvalue weighted by Gasteiger charge is 2.42. The third-order valence-corrected chi connectivity index (χ3v) is 5.75. The van der Waals surface area contributed by atoms with Gasteiger partial charge in [-0.1, -0.05) is 42.7 Å². The smallest absolute Gasteiger partial charge is 0.0687 e. The van der Waals surface area contributed by atoms with Gasteiger partial charge in [0.25, 0.3) is 0 Å². The summed E-state index contributed by atoms with van der Waals surface area (Å²) in [5.41, 5.74) is 2.98. The Balaban J connectivity index is 1.54. The van der Waals surface area contributed by atoms with Crippen LogP contribution in [0.3, 0.4) is 0 Å². The molecule has 3 rings (SSSR count). The Kier molecular flexibility index (Phi) is 4.91. The minimum absolute atomic E-state index is 0.255. The van der Waals surface area contributed by atoms with Gasteiger partial charge in [0.1, 0.15) is 0 Å². The van der Waals surface area contributed by atoms with Crippen molar-refractivity contribution in [2.24, 2.45) is 5.92 Å². The lowest BCUT2D eigenvalue weighted by atomic mass is 9.93. The molecule has 0 radical (unpaired) electrons. The molecule has 1 heterocycles. The summed E-state index contributed by atoms with van der Waals surface area (Å²) in [4.78, 5) is 0. The Bertz CT molecular complexity index is 447. The molecule has 1 saturated heterocycles. The maximum Gasteiger partial charge on any atom is 0.0687 e. The molecule has 116 valence electrons. The zero-order valence-corrected chi connectivity index (χ0v) is 13.9. The van der Waals surface area contributed by atoms with Gasteiger partial charge >= 0.3 is 0 Å². The van der Waals surface area contributed by atoms with Crippen LogP contribution in [0.25, 0.3) is 0 Å². The van der Waals surface area contributed by atoms with Crippen LogP contribution in [0.15, 0.2) is 24.3 Å². The fourth-order valence-corrected chi connectivity index (χ4v) is 4.31. The molecule has 1 saturated carbocycles. The van der Waals surface area contributed by atoms with E-state index in [1.165, 1.54) is 49.7 Å². The molecule has 21 heavy (non-hydrogen) atoms. The van der Waals surface area contributed by atoms with Crippen LogP contribution in [0.1, 0.15) is 56.1 Å². The Hall–Kier alpha value is -0.530. The lowest BCUT2D eigenvalue weighted by Crippen LogP contribution is -2.26. The summed E-state index contributed by atoms with van der Waals surface area (Å²) < 4.78 is 6.44. The van der Waals surface area contributed by atoms with Gasteiger partial charge in [0.05, 0.1) is 11.7 Å². The van der Waals surface area contributed by atoms with Gasteiger partial charge in [-0.25, -0.2) is 0 Å². The number of ether oxygens (including phenoxy) is 1. The zero-order chi connectivity index (χ0) is 14.7. The Morgan fingerprint density at radius 1 is 1.19 bits per heavy atom. The average molecular weight is 307 g/mol.